The van der Waals surface area contributed by atoms with Crippen LogP contribution in [0.2, 0.25) is 20.1 Å². The second kappa shape index (κ2) is 23.1. The molecule has 0 aliphatic carbocycles. The first kappa shape index (κ1) is 50.1. The molecule has 0 saturated heterocycles. The lowest BCUT2D eigenvalue weighted by Gasteiger charge is -2.33. The predicted octanol–water partition coefficient (Wildman–Crippen LogP) is 6.37. The summed E-state index contributed by atoms with van der Waals surface area (Å²) in [6.45, 7) is 7.63. The van der Waals surface area contributed by atoms with Crippen LogP contribution >= 0.6 is 46.4 Å². The minimum Gasteiger partial charge on any atom is -0.377 e. The van der Waals surface area contributed by atoms with Crippen molar-refractivity contribution >= 4 is 70.0 Å². The fourth-order valence-electron chi connectivity index (χ4n) is 9.44. The number of halogens is 4. The third-order valence-corrected chi connectivity index (χ3v) is 14.0. The number of carbonyl (C=O) groups excluding carboxylic acids is 4. The Morgan fingerprint density at radius 2 is 0.941 bits per heavy atom. The van der Waals surface area contributed by atoms with Crippen molar-refractivity contribution in [1.82, 2.24) is 30.2 Å². The Bertz CT molecular complexity index is 2360. The molecule has 0 aromatic heterocycles. The maximum atomic E-state index is 13.4. The Balaban J connectivity index is 0.632. The van der Waals surface area contributed by atoms with Gasteiger partial charge in [-0.1, -0.05) is 70.7 Å². The second-order valence-corrected chi connectivity index (χ2v) is 19.3. The molecular weight excluding hydrogens is 954 g/mol. The quantitative estimate of drug-likeness (QED) is 0.0759. The number of carbonyl (C=O) groups is 4. The van der Waals surface area contributed by atoms with Crippen LogP contribution in [-0.4, -0.2) is 149 Å². The number of nitrogens with zero attached hydrogens (tertiary/aromatic N) is 4. The molecule has 4 heterocycles. The van der Waals surface area contributed by atoms with E-state index in [-0.39, 0.29) is 50.0 Å². The molecule has 2 atom stereocenters. The number of hydrogen-bond donors (Lipinski definition) is 2. The summed E-state index contributed by atoms with van der Waals surface area (Å²) in [4.78, 5) is 59.2. The molecule has 68 heavy (non-hydrogen) atoms. The first-order chi connectivity index (χ1) is 32.8. The molecule has 0 radical (unpaired) electrons. The average Bonchev–Trinajstić information content (AvgIpc) is 3.80. The Labute approximate surface area is 417 Å². The molecule has 14 nitrogen and oxygen atoms in total. The summed E-state index contributed by atoms with van der Waals surface area (Å²) in [6, 6.07) is 19.8. The van der Waals surface area contributed by atoms with Gasteiger partial charge < -0.3 is 49.2 Å². The zero-order chi connectivity index (χ0) is 47.9. The average molecular weight is 1010 g/mol. The highest BCUT2D eigenvalue weighted by Crippen LogP contribution is 2.41. The number of likely N-dealkylation sites (N-methyl/N-ethyl adjacent to an activating group) is 2. The fourth-order valence-corrected chi connectivity index (χ4v) is 10.6. The van der Waals surface area contributed by atoms with Crippen LogP contribution in [0, 0.1) is 0 Å². The number of rotatable bonds is 20. The van der Waals surface area contributed by atoms with Gasteiger partial charge in [0.15, 0.2) is 0 Å². The molecule has 2 unspecified atom stereocenters. The smallest absolute Gasteiger partial charge is 0.309 e. The SMILES string of the molecule is CN1Cc2c(Cl)cc(Cl)cc2C(c2ccc3c(c2)C(=O)N(CCOCCOCCNC(=O)C(=O)NCCOCCOCCN2Cc4ccc(C5CN(C)Cc6c(Cl)cc(Cl)cc65)cc4C2=O)C3)C1. The lowest BCUT2D eigenvalue weighted by Crippen LogP contribution is -2.42. The van der Waals surface area contributed by atoms with Crippen molar-refractivity contribution in [3.8, 4) is 0 Å². The van der Waals surface area contributed by atoms with Crippen molar-refractivity contribution in [2.24, 2.45) is 0 Å². The van der Waals surface area contributed by atoms with Crippen LogP contribution in [0.1, 0.15) is 77.1 Å². The Hall–Kier alpha value is -4.32. The van der Waals surface area contributed by atoms with Crippen LogP contribution in [0.4, 0.5) is 0 Å². The summed E-state index contributed by atoms with van der Waals surface area (Å²) in [5.41, 5.74) is 9.85. The van der Waals surface area contributed by atoms with Crippen molar-refractivity contribution < 1.29 is 38.1 Å². The molecular formula is C50H56Cl4N6O8. The van der Waals surface area contributed by atoms with Crippen LogP contribution in [0.3, 0.4) is 0 Å². The third-order valence-electron chi connectivity index (χ3n) is 12.8. The van der Waals surface area contributed by atoms with Gasteiger partial charge in [0.05, 0.1) is 52.9 Å². The van der Waals surface area contributed by atoms with Gasteiger partial charge in [-0.25, -0.2) is 0 Å². The zero-order valence-electron chi connectivity index (χ0n) is 38.2. The lowest BCUT2D eigenvalue weighted by molar-refractivity contribution is -0.139. The molecule has 2 N–H and O–H groups in total. The van der Waals surface area contributed by atoms with Gasteiger partial charge in [-0.2, -0.15) is 0 Å². The number of nitrogens with one attached hydrogen (secondary N) is 2. The van der Waals surface area contributed by atoms with Crippen molar-refractivity contribution in [2.45, 2.75) is 38.0 Å². The maximum Gasteiger partial charge on any atom is 0.309 e. The van der Waals surface area contributed by atoms with Crippen molar-refractivity contribution in [3.63, 3.8) is 0 Å². The van der Waals surface area contributed by atoms with Gasteiger partial charge in [-0.05, 0) is 95.0 Å². The van der Waals surface area contributed by atoms with E-state index in [1.165, 1.54) is 0 Å². The van der Waals surface area contributed by atoms with E-state index in [0.717, 1.165) is 70.7 Å². The molecule has 4 aromatic rings. The van der Waals surface area contributed by atoms with Gasteiger partial charge in [0, 0.05) is 109 Å². The number of ether oxygens (including phenoxy) is 4. The summed E-state index contributed by atoms with van der Waals surface area (Å²) < 4.78 is 22.5. The van der Waals surface area contributed by atoms with E-state index < -0.39 is 11.8 Å². The van der Waals surface area contributed by atoms with Crippen molar-refractivity contribution in [1.29, 1.82) is 0 Å². The molecule has 18 heteroatoms. The van der Waals surface area contributed by atoms with Crippen LogP contribution in [0.15, 0.2) is 60.7 Å². The Morgan fingerprint density at radius 3 is 1.35 bits per heavy atom. The monoisotopic (exact) mass is 1010 g/mol. The molecule has 0 saturated carbocycles. The summed E-state index contributed by atoms with van der Waals surface area (Å²) in [5.74, 6) is -1.48. The number of hydrogen-bond acceptors (Lipinski definition) is 10. The van der Waals surface area contributed by atoms with Gasteiger partial charge >= 0.3 is 11.8 Å². The zero-order valence-corrected chi connectivity index (χ0v) is 41.2. The minimum atomic E-state index is -0.766. The molecule has 4 aromatic carbocycles. The van der Waals surface area contributed by atoms with E-state index in [4.69, 9.17) is 65.4 Å². The van der Waals surface area contributed by atoms with Crippen molar-refractivity contribution in [2.75, 3.05) is 106 Å². The molecule has 0 spiro atoms. The second-order valence-electron chi connectivity index (χ2n) is 17.7. The standard InChI is InChI=1S/C50H56Cl4N6O8/c1-57-27-41(39-21-35(51)23-45(53)43(39)29-57)31-3-5-33-25-59(49(63)37(33)19-31)9-13-67-17-15-65-11-7-55-47(61)48(62)56-8-12-66-16-18-68-14-10-60-26-34-6-4-32(20-38(34)50(60)64)42-28-58(2)30-44-40(42)22-36(52)24-46(44)54/h3-6,19-24,41-42H,7-18,25-30H2,1-2H3,(H,55,61)(H,56,62). The van der Waals surface area contributed by atoms with Gasteiger partial charge in [-0.3, -0.25) is 19.2 Å². The van der Waals surface area contributed by atoms with Gasteiger partial charge in [0.2, 0.25) is 0 Å². The van der Waals surface area contributed by atoms with E-state index in [1.54, 1.807) is 21.9 Å². The highest BCUT2D eigenvalue weighted by Gasteiger charge is 2.33. The molecule has 4 amide bonds. The molecule has 8 rings (SSSR count). The van der Waals surface area contributed by atoms with E-state index >= 15 is 0 Å². The summed E-state index contributed by atoms with van der Waals surface area (Å²) in [7, 11) is 4.13. The van der Waals surface area contributed by atoms with E-state index in [0.29, 0.717) is 97.0 Å². The van der Waals surface area contributed by atoms with Crippen molar-refractivity contribution in [3.05, 3.63) is 136 Å². The van der Waals surface area contributed by atoms with Crippen LogP contribution in [0.25, 0.3) is 0 Å². The predicted molar refractivity (Wildman–Crippen MR) is 261 cm³/mol. The molecule has 362 valence electrons. The van der Waals surface area contributed by atoms with E-state index in [9.17, 15) is 19.2 Å². The molecule has 4 aliphatic heterocycles. The number of amides is 4. The van der Waals surface area contributed by atoms with Gasteiger partial charge in [-0.15, -0.1) is 0 Å². The number of fused-ring (bicyclic) bond motifs is 4. The van der Waals surface area contributed by atoms with Gasteiger partial charge in [0.25, 0.3) is 11.8 Å². The third kappa shape index (κ3) is 12.0. The Kier molecular flexibility index (Phi) is 17.0. The first-order valence-corrected chi connectivity index (χ1v) is 24.4. The minimum absolute atomic E-state index is 0.0201. The molecule has 4 aliphatic rings. The van der Waals surface area contributed by atoms with Gasteiger partial charge in [0.1, 0.15) is 0 Å². The molecule has 0 fully saturated rings. The summed E-state index contributed by atoms with van der Waals surface area (Å²) in [6.07, 6.45) is 0. The number of benzene rings is 4. The van der Waals surface area contributed by atoms with Crippen LogP contribution in [0.5, 0.6) is 0 Å². The highest BCUT2D eigenvalue weighted by atomic mass is 35.5. The molecule has 0 bridgehead atoms. The maximum absolute atomic E-state index is 13.4. The highest BCUT2D eigenvalue weighted by molar-refractivity contribution is 6.36. The normalized spacial score (nSPS) is 17.9. The summed E-state index contributed by atoms with van der Waals surface area (Å²) in [5, 5.41) is 7.58. The van der Waals surface area contributed by atoms with E-state index in [2.05, 4.69) is 46.7 Å². The largest absolute Gasteiger partial charge is 0.377 e. The summed E-state index contributed by atoms with van der Waals surface area (Å²) >= 11 is 25.9. The van der Waals surface area contributed by atoms with Crippen LogP contribution in [-0.2, 0) is 54.7 Å². The topological polar surface area (TPSA) is 142 Å². The fraction of sp³-hybridized carbons (Fsp3) is 0.440. The van der Waals surface area contributed by atoms with Crippen LogP contribution < -0.4 is 10.6 Å². The Morgan fingerprint density at radius 1 is 0.544 bits per heavy atom. The first-order valence-electron chi connectivity index (χ1n) is 22.9. The van der Waals surface area contributed by atoms with E-state index in [1.807, 2.05) is 36.4 Å². The lowest BCUT2D eigenvalue weighted by atomic mass is 9.84.